The highest BCUT2D eigenvalue weighted by atomic mass is 16.3. The van der Waals surface area contributed by atoms with Gasteiger partial charge in [-0.05, 0) is 31.2 Å². The van der Waals surface area contributed by atoms with Crippen LogP contribution in [0.2, 0.25) is 0 Å². The van der Waals surface area contributed by atoms with Crippen LogP contribution in [0.5, 0.6) is 0 Å². The Morgan fingerprint density at radius 3 is 2.20 bits per heavy atom. The molecule has 192 valence electrons. The third kappa shape index (κ3) is 8.67. The average molecular weight is 490 g/mol. The lowest BCUT2D eigenvalue weighted by molar-refractivity contribution is -0.135. The molecule has 1 aliphatic heterocycles. The predicted molar refractivity (Wildman–Crippen MR) is 127 cm³/mol. The zero-order chi connectivity index (χ0) is 26.1. The Bertz CT molecular complexity index is 920. The first-order chi connectivity index (χ1) is 16.5. The fourth-order valence-corrected chi connectivity index (χ4v) is 3.78. The summed E-state index contributed by atoms with van der Waals surface area (Å²) < 4.78 is 0. The van der Waals surface area contributed by atoms with Crippen LogP contribution in [0.15, 0.2) is 30.3 Å². The highest BCUT2D eigenvalue weighted by Crippen LogP contribution is 2.11. The molecule has 11 heteroatoms. The predicted octanol–water partition coefficient (Wildman–Crippen LogP) is -1.13. The fourth-order valence-electron chi connectivity index (χ4n) is 3.78. The van der Waals surface area contributed by atoms with Crippen LogP contribution in [0.4, 0.5) is 0 Å². The van der Waals surface area contributed by atoms with Gasteiger partial charge in [-0.2, -0.15) is 0 Å². The van der Waals surface area contributed by atoms with Gasteiger partial charge in [0.15, 0.2) is 0 Å². The quantitative estimate of drug-likeness (QED) is 0.216. The van der Waals surface area contributed by atoms with Crippen LogP contribution >= 0.6 is 0 Å². The number of hydrogen-bond donors (Lipinski definition) is 6. The first-order valence-corrected chi connectivity index (χ1v) is 11.7. The molecule has 0 aromatic heterocycles. The molecule has 0 saturated carbocycles. The van der Waals surface area contributed by atoms with Crippen molar-refractivity contribution in [3.63, 3.8) is 0 Å². The summed E-state index contributed by atoms with van der Waals surface area (Å²) in [5, 5.41) is 20.4. The summed E-state index contributed by atoms with van der Waals surface area (Å²) in [4.78, 5) is 61.8. The molecule has 5 amide bonds. The van der Waals surface area contributed by atoms with Crippen LogP contribution in [0.25, 0.3) is 0 Å². The van der Waals surface area contributed by atoms with Crippen molar-refractivity contribution in [1.29, 1.82) is 0 Å². The van der Waals surface area contributed by atoms with E-state index in [2.05, 4.69) is 21.3 Å². The van der Waals surface area contributed by atoms with Gasteiger partial charge in [-0.15, -0.1) is 0 Å². The van der Waals surface area contributed by atoms with E-state index < -0.39 is 53.9 Å². The molecule has 0 bridgehead atoms. The zero-order valence-electron chi connectivity index (χ0n) is 20.2. The first kappa shape index (κ1) is 27.8. The summed E-state index contributed by atoms with van der Waals surface area (Å²) in [6, 6.07) is 4.78. The van der Waals surface area contributed by atoms with E-state index in [1.165, 1.54) is 6.92 Å². The van der Waals surface area contributed by atoms with E-state index in [0.717, 1.165) is 5.56 Å². The van der Waals surface area contributed by atoms with Crippen LogP contribution in [0.3, 0.4) is 0 Å². The van der Waals surface area contributed by atoms with Crippen molar-refractivity contribution < 1.29 is 29.1 Å². The van der Waals surface area contributed by atoms with Crippen molar-refractivity contribution in [2.45, 2.75) is 76.7 Å². The molecule has 1 aromatic carbocycles. The van der Waals surface area contributed by atoms with Gasteiger partial charge in [0.2, 0.25) is 29.5 Å². The number of aliphatic hydroxyl groups is 1. The maximum Gasteiger partial charge on any atom is 0.245 e. The number of hydrogen-bond acceptors (Lipinski definition) is 6. The standard InChI is InChI=1S/C24H35N5O6/c1-13(2)11-18(28-22(33)16-9-10-19(31)26-16)23(34)29-20(14(3)30)24(35)27-17(21(25)32)12-15-7-5-4-6-8-15/h4-8,13-14,16-18,20,30H,9-12H2,1-3H3,(H2,25,32)(H,26,31)(H,27,35)(H,28,33)(H,29,34)/t14-,16+,17+,18+,20+/m1/s1. The summed E-state index contributed by atoms with van der Waals surface area (Å²) in [5.74, 6) is -2.93. The van der Waals surface area contributed by atoms with Crippen molar-refractivity contribution >= 4 is 29.5 Å². The number of benzene rings is 1. The van der Waals surface area contributed by atoms with Gasteiger partial charge in [0.25, 0.3) is 0 Å². The SMILES string of the molecule is CC(C)C[C@H](NC(=O)[C@@H]1CCC(=O)N1)C(=O)N[C@H](C(=O)N[C@@H](Cc1ccccc1)C(N)=O)[C@@H](C)O. The number of primary amides is 1. The highest BCUT2D eigenvalue weighted by molar-refractivity contribution is 5.96. The molecule has 1 fully saturated rings. The van der Waals surface area contributed by atoms with Crippen molar-refractivity contribution in [3.8, 4) is 0 Å². The molecular formula is C24H35N5O6. The number of nitrogens with one attached hydrogen (secondary N) is 4. The average Bonchev–Trinajstić information content (AvgIpc) is 3.22. The van der Waals surface area contributed by atoms with Gasteiger partial charge < -0.3 is 32.1 Å². The molecule has 1 aromatic rings. The molecule has 5 atom stereocenters. The Morgan fingerprint density at radius 1 is 1.03 bits per heavy atom. The van der Waals surface area contributed by atoms with Crippen molar-refractivity contribution in [1.82, 2.24) is 21.3 Å². The lowest BCUT2D eigenvalue weighted by Gasteiger charge is -2.27. The summed E-state index contributed by atoms with van der Waals surface area (Å²) in [5.41, 5.74) is 6.23. The van der Waals surface area contributed by atoms with Gasteiger partial charge in [0.1, 0.15) is 24.2 Å². The first-order valence-electron chi connectivity index (χ1n) is 11.7. The Balaban J connectivity index is 2.09. The van der Waals surface area contributed by atoms with Crippen molar-refractivity contribution in [3.05, 3.63) is 35.9 Å². The van der Waals surface area contributed by atoms with E-state index in [4.69, 9.17) is 5.73 Å². The number of amides is 5. The van der Waals surface area contributed by atoms with Gasteiger partial charge in [0, 0.05) is 12.8 Å². The van der Waals surface area contributed by atoms with Gasteiger partial charge in [0.05, 0.1) is 6.10 Å². The summed E-state index contributed by atoms with van der Waals surface area (Å²) >= 11 is 0. The van der Waals surface area contributed by atoms with Crippen molar-refractivity contribution in [2.24, 2.45) is 11.7 Å². The third-order valence-electron chi connectivity index (χ3n) is 5.66. The fraction of sp³-hybridized carbons (Fsp3) is 0.542. The van der Waals surface area contributed by atoms with E-state index in [-0.39, 0.29) is 31.1 Å². The molecule has 1 saturated heterocycles. The molecule has 1 heterocycles. The van der Waals surface area contributed by atoms with Gasteiger partial charge >= 0.3 is 0 Å². The highest BCUT2D eigenvalue weighted by Gasteiger charge is 2.34. The monoisotopic (exact) mass is 489 g/mol. The number of rotatable bonds is 12. The summed E-state index contributed by atoms with van der Waals surface area (Å²) in [6.07, 6.45) is -0.331. The summed E-state index contributed by atoms with van der Waals surface area (Å²) in [6.45, 7) is 5.05. The molecule has 1 aliphatic rings. The third-order valence-corrected chi connectivity index (χ3v) is 5.66. The molecule has 0 aliphatic carbocycles. The number of carbonyl (C=O) groups excluding carboxylic acids is 5. The van der Waals surface area contributed by atoms with Gasteiger partial charge in [-0.25, -0.2) is 0 Å². The largest absolute Gasteiger partial charge is 0.391 e. The molecular weight excluding hydrogens is 454 g/mol. The Morgan fingerprint density at radius 2 is 1.69 bits per heavy atom. The second kappa shape index (κ2) is 12.8. The minimum absolute atomic E-state index is 0.0214. The number of nitrogens with two attached hydrogens (primary N) is 1. The lowest BCUT2D eigenvalue weighted by atomic mass is 10.0. The normalized spacial score (nSPS) is 18.7. The molecule has 11 nitrogen and oxygen atoms in total. The number of aliphatic hydroxyl groups excluding tert-OH is 1. The second-order valence-corrected chi connectivity index (χ2v) is 9.23. The van der Waals surface area contributed by atoms with Crippen LogP contribution in [-0.4, -0.2) is 64.9 Å². The zero-order valence-corrected chi connectivity index (χ0v) is 20.2. The number of carbonyl (C=O) groups is 5. The molecule has 2 rings (SSSR count). The van der Waals surface area contributed by atoms with Crippen LogP contribution in [-0.2, 0) is 30.4 Å². The van der Waals surface area contributed by atoms with Crippen LogP contribution in [0.1, 0.15) is 45.6 Å². The van der Waals surface area contributed by atoms with Crippen LogP contribution in [0, 0.1) is 5.92 Å². The smallest absolute Gasteiger partial charge is 0.245 e. The van der Waals surface area contributed by atoms with Gasteiger partial charge in [-0.3, -0.25) is 24.0 Å². The maximum atomic E-state index is 13.0. The van der Waals surface area contributed by atoms with E-state index in [1.807, 2.05) is 19.9 Å². The van der Waals surface area contributed by atoms with Crippen molar-refractivity contribution in [2.75, 3.05) is 0 Å². The van der Waals surface area contributed by atoms with E-state index in [1.54, 1.807) is 24.3 Å². The second-order valence-electron chi connectivity index (χ2n) is 9.23. The molecule has 0 radical (unpaired) electrons. The Kier molecular flexibility index (Phi) is 10.2. The summed E-state index contributed by atoms with van der Waals surface area (Å²) in [7, 11) is 0. The minimum Gasteiger partial charge on any atom is -0.391 e. The minimum atomic E-state index is -1.39. The van der Waals surface area contributed by atoms with Crippen LogP contribution < -0.4 is 27.0 Å². The topological polar surface area (TPSA) is 180 Å². The molecule has 0 spiro atoms. The molecule has 35 heavy (non-hydrogen) atoms. The lowest BCUT2D eigenvalue weighted by Crippen LogP contribution is -2.60. The van der Waals surface area contributed by atoms with Gasteiger partial charge in [-0.1, -0.05) is 44.2 Å². The van der Waals surface area contributed by atoms with E-state index in [0.29, 0.717) is 6.42 Å². The molecule has 7 N–H and O–H groups in total. The van der Waals surface area contributed by atoms with E-state index >= 15 is 0 Å². The maximum absolute atomic E-state index is 13.0. The Hall–Kier alpha value is -3.47. The Labute approximate surface area is 204 Å². The molecule has 0 unspecified atom stereocenters. The van der Waals surface area contributed by atoms with E-state index in [9.17, 15) is 29.1 Å².